The predicted molar refractivity (Wildman–Crippen MR) is 83.0 cm³/mol. The van der Waals surface area contributed by atoms with Gasteiger partial charge in [0, 0.05) is 30.8 Å². The van der Waals surface area contributed by atoms with Crippen molar-refractivity contribution in [2.45, 2.75) is 46.3 Å². The van der Waals surface area contributed by atoms with Crippen molar-refractivity contribution in [1.82, 2.24) is 5.32 Å². The Kier molecular flexibility index (Phi) is 6.15. The van der Waals surface area contributed by atoms with Crippen molar-refractivity contribution in [3.63, 3.8) is 0 Å². The van der Waals surface area contributed by atoms with E-state index in [9.17, 15) is 4.79 Å². The molecule has 0 unspecified atom stereocenters. The Bertz CT molecular complexity index is 445. The molecule has 4 N–H and O–H groups in total. The molecule has 0 radical (unpaired) electrons. The molecule has 1 amide bonds. The second kappa shape index (κ2) is 7.62. The van der Waals surface area contributed by atoms with Crippen molar-refractivity contribution in [2.24, 2.45) is 0 Å². The van der Waals surface area contributed by atoms with E-state index in [0.717, 1.165) is 5.69 Å². The molecule has 0 aliphatic rings. The topological polar surface area (TPSA) is 76.4 Å². The van der Waals surface area contributed by atoms with Crippen LogP contribution in [0.25, 0.3) is 0 Å². The molecular weight excluding hydrogens is 254 g/mol. The zero-order valence-electron chi connectivity index (χ0n) is 12.7. The summed E-state index contributed by atoms with van der Waals surface area (Å²) in [5, 5.41) is 6.05. The monoisotopic (exact) mass is 279 g/mol. The van der Waals surface area contributed by atoms with E-state index in [-0.39, 0.29) is 18.1 Å². The van der Waals surface area contributed by atoms with Gasteiger partial charge in [-0.3, -0.25) is 4.79 Å². The summed E-state index contributed by atoms with van der Waals surface area (Å²) in [6.07, 6.45) is 0.507. The molecule has 0 fully saturated rings. The maximum absolute atomic E-state index is 11.5. The highest BCUT2D eigenvalue weighted by molar-refractivity contribution is 5.76. The summed E-state index contributed by atoms with van der Waals surface area (Å²) in [5.41, 5.74) is 7.36. The molecule has 0 heterocycles. The molecule has 1 rings (SSSR count). The van der Waals surface area contributed by atoms with Crippen molar-refractivity contribution in [3.05, 3.63) is 18.2 Å². The first-order chi connectivity index (χ1) is 9.38. The van der Waals surface area contributed by atoms with E-state index < -0.39 is 0 Å². The van der Waals surface area contributed by atoms with Crippen LogP contribution in [0.1, 0.15) is 34.1 Å². The van der Waals surface area contributed by atoms with Crippen LogP contribution in [0.3, 0.4) is 0 Å². The van der Waals surface area contributed by atoms with Gasteiger partial charge in [0.2, 0.25) is 5.91 Å². The SMILES string of the molecule is CC(C)NC(=O)CCNc1ccc(N)c(OC(C)C)c1. The second-order valence-corrected chi connectivity index (χ2v) is 5.32. The number of nitrogen functional groups attached to an aromatic ring is 1. The first-order valence-electron chi connectivity index (χ1n) is 6.98. The third kappa shape index (κ3) is 5.82. The molecule has 0 bridgehead atoms. The lowest BCUT2D eigenvalue weighted by Gasteiger charge is -2.14. The fraction of sp³-hybridized carbons (Fsp3) is 0.533. The van der Waals surface area contributed by atoms with E-state index in [4.69, 9.17) is 10.5 Å². The Morgan fingerprint density at radius 1 is 1.30 bits per heavy atom. The number of rotatable bonds is 7. The third-order valence-electron chi connectivity index (χ3n) is 2.51. The maximum Gasteiger partial charge on any atom is 0.221 e. The predicted octanol–water partition coefficient (Wildman–Crippen LogP) is 2.38. The number of nitrogens with one attached hydrogen (secondary N) is 2. The number of ether oxygens (including phenoxy) is 1. The average molecular weight is 279 g/mol. The molecule has 0 atom stereocenters. The van der Waals surface area contributed by atoms with Gasteiger partial charge in [-0.1, -0.05) is 0 Å². The van der Waals surface area contributed by atoms with Crippen molar-refractivity contribution in [3.8, 4) is 5.75 Å². The number of carbonyl (C=O) groups is 1. The molecule has 1 aromatic rings. The molecule has 0 saturated carbocycles. The second-order valence-electron chi connectivity index (χ2n) is 5.32. The van der Waals surface area contributed by atoms with Crippen LogP contribution in [0, 0.1) is 0 Å². The third-order valence-corrected chi connectivity index (χ3v) is 2.51. The van der Waals surface area contributed by atoms with Crippen LogP contribution >= 0.6 is 0 Å². The van der Waals surface area contributed by atoms with Crippen LogP contribution in [0.4, 0.5) is 11.4 Å². The van der Waals surface area contributed by atoms with Gasteiger partial charge in [0.05, 0.1) is 11.8 Å². The van der Waals surface area contributed by atoms with E-state index in [0.29, 0.717) is 24.4 Å². The standard InChI is InChI=1S/C15H25N3O2/c1-10(2)18-15(19)7-8-17-12-5-6-13(16)14(9-12)20-11(3)4/h5-6,9-11,17H,7-8,16H2,1-4H3,(H,18,19). The van der Waals surface area contributed by atoms with E-state index in [1.807, 2.05) is 39.8 Å². The van der Waals surface area contributed by atoms with Gasteiger partial charge in [0.1, 0.15) is 5.75 Å². The summed E-state index contributed by atoms with van der Waals surface area (Å²) in [7, 11) is 0. The highest BCUT2D eigenvalue weighted by Crippen LogP contribution is 2.26. The zero-order chi connectivity index (χ0) is 15.1. The Labute approximate surface area is 120 Å². The number of nitrogens with two attached hydrogens (primary N) is 1. The molecule has 5 heteroatoms. The minimum Gasteiger partial charge on any atom is -0.489 e. The van der Waals surface area contributed by atoms with Crippen LogP contribution in [-0.4, -0.2) is 24.6 Å². The lowest BCUT2D eigenvalue weighted by Crippen LogP contribution is -2.31. The van der Waals surface area contributed by atoms with Gasteiger partial charge in [-0.05, 0) is 39.8 Å². The zero-order valence-corrected chi connectivity index (χ0v) is 12.7. The smallest absolute Gasteiger partial charge is 0.221 e. The fourth-order valence-corrected chi connectivity index (χ4v) is 1.71. The summed E-state index contributed by atoms with van der Waals surface area (Å²) in [4.78, 5) is 11.5. The fourth-order valence-electron chi connectivity index (χ4n) is 1.71. The van der Waals surface area contributed by atoms with Crippen LogP contribution in [0.5, 0.6) is 5.75 Å². The highest BCUT2D eigenvalue weighted by Gasteiger charge is 2.06. The number of amides is 1. The molecule has 0 aliphatic carbocycles. The van der Waals surface area contributed by atoms with Gasteiger partial charge in [-0.15, -0.1) is 0 Å². The van der Waals surface area contributed by atoms with Crippen molar-refractivity contribution in [1.29, 1.82) is 0 Å². The minimum absolute atomic E-state index is 0.0431. The van der Waals surface area contributed by atoms with Crippen LogP contribution in [-0.2, 0) is 4.79 Å². The molecule has 0 aromatic heterocycles. The summed E-state index contributed by atoms with van der Waals surface area (Å²) in [6.45, 7) is 8.37. The summed E-state index contributed by atoms with van der Waals surface area (Å²) in [5.74, 6) is 0.707. The lowest BCUT2D eigenvalue weighted by atomic mass is 10.2. The molecule has 0 aliphatic heterocycles. The lowest BCUT2D eigenvalue weighted by molar-refractivity contribution is -0.121. The van der Waals surface area contributed by atoms with Gasteiger partial charge in [0.25, 0.3) is 0 Å². The largest absolute Gasteiger partial charge is 0.489 e. The highest BCUT2D eigenvalue weighted by atomic mass is 16.5. The Morgan fingerprint density at radius 2 is 2.00 bits per heavy atom. The normalized spacial score (nSPS) is 10.7. The maximum atomic E-state index is 11.5. The minimum atomic E-state index is 0.0431. The van der Waals surface area contributed by atoms with E-state index in [2.05, 4.69) is 10.6 Å². The quantitative estimate of drug-likeness (QED) is 0.670. The Balaban J connectivity index is 2.50. The number of hydrogen-bond donors (Lipinski definition) is 3. The number of carbonyl (C=O) groups excluding carboxylic acids is 1. The first-order valence-corrected chi connectivity index (χ1v) is 6.98. The van der Waals surface area contributed by atoms with Gasteiger partial charge >= 0.3 is 0 Å². The first kappa shape index (κ1) is 16.1. The van der Waals surface area contributed by atoms with E-state index >= 15 is 0 Å². The van der Waals surface area contributed by atoms with Gasteiger partial charge in [-0.25, -0.2) is 0 Å². The van der Waals surface area contributed by atoms with E-state index in [1.165, 1.54) is 0 Å². The average Bonchev–Trinajstić information content (AvgIpc) is 2.31. The molecule has 1 aromatic carbocycles. The van der Waals surface area contributed by atoms with Gasteiger partial charge < -0.3 is 21.1 Å². The van der Waals surface area contributed by atoms with Crippen LogP contribution < -0.4 is 21.1 Å². The van der Waals surface area contributed by atoms with Crippen molar-refractivity contribution in [2.75, 3.05) is 17.6 Å². The van der Waals surface area contributed by atoms with Gasteiger partial charge in [-0.2, -0.15) is 0 Å². The van der Waals surface area contributed by atoms with Crippen molar-refractivity contribution < 1.29 is 9.53 Å². The van der Waals surface area contributed by atoms with Crippen LogP contribution in [0.2, 0.25) is 0 Å². The molecule has 0 spiro atoms. The van der Waals surface area contributed by atoms with Gasteiger partial charge in [0.15, 0.2) is 0 Å². The number of anilines is 2. The Hall–Kier alpha value is -1.91. The number of hydrogen-bond acceptors (Lipinski definition) is 4. The molecule has 20 heavy (non-hydrogen) atoms. The molecule has 5 nitrogen and oxygen atoms in total. The summed E-state index contributed by atoms with van der Waals surface area (Å²) >= 11 is 0. The summed E-state index contributed by atoms with van der Waals surface area (Å²) < 4.78 is 5.62. The van der Waals surface area contributed by atoms with Crippen molar-refractivity contribution >= 4 is 17.3 Å². The summed E-state index contributed by atoms with van der Waals surface area (Å²) in [6, 6.07) is 5.71. The number of benzene rings is 1. The molecule has 112 valence electrons. The molecule has 0 saturated heterocycles. The van der Waals surface area contributed by atoms with Crippen LogP contribution in [0.15, 0.2) is 18.2 Å². The van der Waals surface area contributed by atoms with E-state index in [1.54, 1.807) is 6.07 Å². The molecular formula is C15H25N3O2. The Morgan fingerprint density at radius 3 is 2.60 bits per heavy atom.